The van der Waals surface area contributed by atoms with Gasteiger partial charge in [0.2, 0.25) is 11.7 Å². The van der Waals surface area contributed by atoms with Crippen LogP contribution in [0.15, 0.2) is 28.8 Å². The predicted octanol–water partition coefficient (Wildman–Crippen LogP) is 3.42. The summed E-state index contributed by atoms with van der Waals surface area (Å²) in [6, 6.07) is 6.54. The summed E-state index contributed by atoms with van der Waals surface area (Å²) in [5, 5.41) is 6.11. The summed E-state index contributed by atoms with van der Waals surface area (Å²) in [4.78, 5) is 15.0. The summed E-state index contributed by atoms with van der Waals surface area (Å²) < 4.78 is 41.4. The number of carbonyl (C=O) groups excluding carboxylic acids is 1. The van der Waals surface area contributed by atoms with Crippen LogP contribution >= 0.6 is 0 Å². The average Bonchev–Trinajstić information content (AvgIpc) is 3.02. The van der Waals surface area contributed by atoms with Crippen molar-refractivity contribution in [1.82, 2.24) is 15.5 Å². The third kappa shape index (κ3) is 4.30. The quantitative estimate of drug-likeness (QED) is 0.914. The fourth-order valence-corrected chi connectivity index (χ4v) is 1.78. The molecule has 1 heterocycles. The SMILES string of the molecule is CC[C@H](C)C(=O)NCc1ccc(-c2noc(C(F)(F)F)n2)cc1. The molecular weight excluding hydrogens is 311 g/mol. The van der Waals surface area contributed by atoms with Crippen molar-refractivity contribution in [3.05, 3.63) is 35.7 Å². The molecule has 0 bridgehead atoms. The second-order valence-electron chi connectivity index (χ2n) is 5.14. The Bertz CT molecular complexity index is 665. The maximum absolute atomic E-state index is 12.4. The molecule has 1 aromatic carbocycles. The number of benzene rings is 1. The Morgan fingerprint density at radius 3 is 2.48 bits per heavy atom. The first-order chi connectivity index (χ1) is 10.8. The van der Waals surface area contributed by atoms with E-state index in [4.69, 9.17) is 0 Å². The summed E-state index contributed by atoms with van der Waals surface area (Å²) in [6.45, 7) is 4.12. The van der Waals surface area contributed by atoms with Gasteiger partial charge in [0.1, 0.15) is 0 Å². The lowest BCUT2D eigenvalue weighted by Crippen LogP contribution is -2.28. The van der Waals surface area contributed by atoms with Gasteiger partial charge >= 0.3 is 12.1 Å². The van der Waals surface area contributed by atoms with E-state index in [2.05, 4.69) is 20.0 Å². The Morgan fingerprint density at radius 2 is 1.96 bits per heavy atom. The number of aromatic nitrogens is 2. The van der Waals surface area contributed by atoms with E-state index in [1.54, 1.807) is 24.3 Å². The van der Waals surface area contributed by atoms with Crippen LogP contribution in [0, 0.1) is 5.92 Å². The molecule has 0 aliphatic carbocycles. The van der Waals surface area contributed by atoms with Crippen molar-refractivity contribution in [3.63, 3.8) is 0 Å². The minimum Gasteiger partial charge on any atom is -0.352 e. The van der Waals surface area contributed by atoms with Crippen LogP contribution in [0.25, 0.3) is 11.4 Å². The summed E-state index contributed by atoms with van der Waals surface area (Å²) in [5.41, 5.74) is 1.23. The lowest BCUT2D eigenvalue weighted by atomic mass is 10.1. The van der Waals surface area contributed by atoms with E-state index in [9.17, 15) is 18.0 Å². The highest BCUT2D eigenvalue weighted by Crippen LogP contribution is 2.29. The highest BCUT2D eigenvalue weighted by Gasteiger charge is 2.38. The van der Waals surface area contributed by atoms with Crippen molar-refractivity contribution in [3.8, 4) is 11.4 Å². The predicted molar refractivity (Wildman–Crippen MR) is 76.0 cm³/mol. The largest absolute Gasteiger partial charge is 0.471 e. The Morgan fingerprint density at radius 1 is 1.30 bits per heavy atom. The van der Waals surface area contributed by atoms with Crippen molar-refractivity contribution in [2.75, 3.05) is 0 Å². The van der Waals surface area contributed by atoms with Gasteiger partial charge in [0.15, 0.2) is 0 Å². The molecule has 2 aromatic rings. The van der Waals surface area contributed by atoms with Gasteiger partial charge in [0, 0.05) is 18.0 Å². The molecule has 5 nitrogen and oxygen atoms in total. The minimum atomic E-state index is -4.66. The first-order valence-electron chi connectivity index (χ1n) is 7.09. The van der Waals surface area contributed by atoms with Crippen LogP contribution in [-0.4, -0.2) is 16.0 Å². The topological polar surface area (TPSA) is 68.0 Å². The molecule has 0 spiro atoms. The van der Waals surface area contributed by atoms with E-state index >= 15 is 0 Å². The van der Waals surface area contributed by atoms with Gasteiger partial charge in [-0.25, -0.2) is 0 Å². The maximum Gasteiger partial charge on any atom is 0.471 e. The van der Waals surface area contributed by atoms with Crippen molar-refractivity contribution < 1.29 is 22.5 Å². The molecular formula is C15H16F3N3O2. The normalized spacial score (nSPS) is 12.9. The molecule has 8 heteroatoms. The van der Waals surface area contributed by atoms with Crippen LogP contribution in [0.2, 0.25) is 0 Å². The monoisotopic (exact) mass is 327 g/mol. The van der Waals surface area contributed by atoms with Gasteiger partial charge in [-0.15, -0.1) is 0 Å². The summed E-state index contributed by atoms with van der Waals surface area (Å²) in [7, 11) is 0. The number of halogens is 3. The number of hydrogen-bond acceptors (Lipinski definition) is 4. The molecule has 0 saturated heterocycles. The van der Waals surface area contributed by atoms with E-state index in [0.29, 0.717) is 12.1 Å². The Kier molecular flexibility index (Phi) is 5.02. The van der Waals surface area contributed by atoms with Gasteiger partial charge in [-0.05, 0) is 12.0 Å². The van der Waals surface area contributed by atoms with E-state index in [-0.39, 0.29) is 17.6 Å². The van der Waals surface area contributed by atoms with E-state index in [0.717, 1.165) is 12.0 Å². The number of amides is 1. The number of carbonyl (C=O) groups is 1. The molecule has 1 N–H and O–H groups in total. The first-order valence-corrected chi connectivity index (χ1v) is 7.09. The molecule has 0 radical (unpaired) electrons. The van der Waals surface area contributed by atoms with Crippen LogP contribution in [0.4, 0.5) is 13.2 Å². The number of rotatable bonds is 5. The highest BCUT2D eigenvalue weighted by atomic mass is 19.4. The lowest BCUT2D eigenvalue weighted by molar-refractivity contribution is -0.159. The molecule has 0 fully saturated rings. The van der Waals surface area contributed by atoms with Crippen molar-refractivity contribution >= 4 is 5.91 Å². The Hall–Kier alpha value is -2.38. The molecule has 124 valence electrons. The molecule has 1 atom stereocenters. The van der Waals surface area contributed by atoms with Crippen molar-refractivity contribution in [1.29, 1.82) is 0 Å². The zero-order valence-corrected chi connectivity index (χ0v) is 12.6. The molecule has 0 saturated carbocycles. The van der Waals surface area contributed by atoms with Crippen molar-refractivity contribution in [2.24, 2.45) is 5.92 Å². The third-order valence-electron chi connectivity index (χ3n) is 3.41. The molecule has 1 aromatic heterocycles. The summed E-state index contributed by atoms with van der Waals surface area (Å²) >= 11 is 0. The fourth-order valence-electron chi connectivity index (χ4n) is 1.78. The molecule has 0 aliphatic rings. The molecule has 1 amide bonds. The lowest BCUT2D eigenvalue weighted by Gasteiger charge is -2.10. The number of nitrogens with one attached hydrogen (secondary N) is 1. The smallest absolute Gasteiger partial charge is 0.352 e. The van der Waals surface area contributed by atoms with Crippen LogP contribution < -0.4 is 5.32 Å². The van der Waals surface area contributed by atoms with Crippen LogP contribution in [0.5, 0.6) is 0 Å². The molecule has 23 heavy (non-hydrogen) atoms. The second kappa shape index (κ2) is 6.80. The Labute approximate surface area is 130 Å². The maximum atomic E-state index is 12.4. The van der Waals surface area contributed by atoms with Crippen LogP contribution in [0.3, 0.4) is 0 Å². The summed E-state index contributed by atoms with van der Waals surface area (Å²) in [5.74, 6) is -1.61. The Balaban J connectivity index is 2.02. The van der Waals surface area contributed by atoms with E-state index < -0.39 is 12.1 Å². The first kappa shape index (κ1) is 17.0. The van der Waals surface area contributed by atoms with E-state index in [1.165, 1.54) is 0 Å². The van der Waals surface area contributed by atoms with Gasteiger partial charge in [0.25, 0.3) is 0 Å². The van der Waals surface area contributed by atoms with Gasteiger partial charge in [-0.2, -0.15) is 18.2 Å². The number of nitrogens with zero attached hydrogens (tertiary/aromatic N) is 2. The highest BCUT2D eigenvalue weighted by molar-refractivity contribution is 5.78. The second-order valence-corrected chi connectivity index (χ2v) is 5.14. The van der Waals surface area contributed by atoms with Gasteiger partial charge in [-0.1, -0.05) is 43.3 Å². The third-order valence-corrected chi connectivity index (χ3v) is 3.41. The summed E-state index contributed by atoms with van der Waals surface area (Å²) in [6.07, 6.45) is -3.91. The molecule has 2 rings (SSSR count). The van der Waals surface area contributed by atoms with E-state index in [1.807, 2.05) is 13.8 Å². The van der Waals surface area contributed by atoms with Crippen LogP contribution in [0.1, 0.15) is 31.7 Å². The molecule has 0 unspecified atom stereocenters. The average molecular weight is 327 g/mol. The van der Waals surface area contributed by atoms with Crippen LogP contribution in [-0.2, 0) is 17.5 Å². The van der Waals surface area contributed by atoms with Gasteiger partial charge in [-0.3, -0.25) is 4.79 Å². The zero-order valence-electron chi connectivity index (χ0n) is 12.6. The standard InChI is InChI=1S/C15H16F3N3O2/c1-3-9(2)13(22)19-8-10-4-6-11(7-5-10)12-20-14(23-21-12)15(16,17)18/h4-7,9H,3,8H2,1-2H3,(H,19,22)/t9-/m0/s1. The minimum absolute atomic E-state index is 0.0374. The van der Waals surface area contributed by atoms with Gasteiger partial charge in [0.05, 0.1) is 0 Å². The number of hydrogen-bond donors (Lipinski definition) is 1. The molecule has 0 aliphatic heterocycles. The zero-order chi connectivity index (χ0) is 17.0. The van der Waals surface area contributed by atoms with Crippen molar-refractivity contribution in [2.45, 2.75) is 33.0 Å². The van der Waals surface area contributed by atoms with Gasteiger partial charge < -0.3 is 9.84 Å². The number of alkyl halides is 3. The fraction of sp³-hybridized carbons (Fsp3) is 0.400.